The summed E-state index contributed by atoms with van der Waals surface area (Å²) in [4.78, 5) is 11.1. The topological polar surface area (TPSA) is 37.3 Å². The van der Waals surface area contributed by atoms with Crippen molar-refractivity contribution in [1.82, 2.24) is 0 Å². The smallest absolute Gasteiger partial charge is 0.125 e. The highest BCUT2D eigenvalue weighted by Gasteiger charge is 2.29. The molecule has 1 aliphatic heterocycles. The number of carbonyl (C=O) groups is 1. The first-order valence-corrected chi connectivity index (χ1v) is 8.76. The molecule has 0 aliphatic carbocycles. The lowest BCUT2D eigenvalue weighted by atomic mass is 9.97. The molecule has 0 aromatic heterocycles. The van der Waals surface area contributed by atoms with E-state index in [2.05, 4.69) is 6.92 Å². The monoisotopic (exact) mass is 276 g/mol. The fourth-order valence-electron chi connectivity index (χ4n) is 2.03. The molecule has 1 aliphatic rings. The van der Waals surface area contributed by atoms with Gasteiger partial charge in [0.2, 0.25) is 0 Å². The van der Waals surface area contributed by atoms with E-state index in [1.807, 2.05) is 23.5 Å². The molecule has 1 N–H and O–H groups in total. The van der Waals surface area contributed by atoms with E-state index in [0.29, 0.717) is 0 Å². The third-order valence-corrected chi connectivity index (χ3v) is 6.22. The first kappa shape index (κ1) is 15.4. The Morgan fingerprint density at radius 1 is 1.29 bits per heavy atom. The third-order valence-electron chi connectivity index (χ3n) is 3.14. The van der Waals surface area contributed by atoms with Gasteiger partial charge in [-0.25, -0.2) is 0 Å². The Morgan fingerprint density at radius 3 is 2.59 bits per heavy atom. The van der Waals surface area contributed by atoms with Gasteiger partial charge >= 0.3 is 0 Å². The quantitative estimate of drug-likeness (QED) is 0.545. The van der Waals surface area contributed by atoms with Gasteiger partial charge in [-0.05, 0) is 24.3 Å². The highest BCUT2D eigenvalue weighted by Crippen LogP contribution is 2.35. The van der Waals surface area contributed by atoms with Gasteiger partial charge in [0.05, 0.1) is 10.7 Å². The van der Waals surface area contributed by atoms with Crippen LogP contribution in [0.25, 0.3) is 0 Å². The number of aliphatic hydroxyl groups is 1. The zero-order valence-corrected chi connectivity index (χ0v) is 12.3. The second-order valence-electron chi connectivity index (χ2n) is 4.60. The van der Waals surface area contributed by atoms with Gasteiger partial charge in [0.25, 0.3) is 0 Å². The predicted molar refractivity (Wildman–Crippen MR) is 77.6 cm³/mol. The zero-order valence-electron chi connectivity index (χ0n) is 10.6. The summed E-state index contributed by atoms with van der Waals surface area (Å²) >= 11 is 3.63. The maximum Gasteiger partial charge on any atom is 0.125 e. The van der Waals surface area contributed by atoms with Crippen molar-refractivity contribution in [2.45, 2.75) is 56.1 Å². The Labute approximate surface area is 113 Å². The van der Waals surface area contributed by atoms with Crippen LogP contribution in [0.2, 0.25) is 0 Å². The van der Waals surface area contributed by atoms with E-state index in [1.165, 1.54) is 25.7 Å². The lowest BCUT2D eigenvalue weighted by molar-refractivity contribution is -0.114. The number of hydrogen-bond acceptors (Lipinski definition) is 4. The fourth-order valence-corrected chi connectivity index (χ4v) is 5.06. The Morgan fingerprint density at radius 2 is 2.00 bits per heavy atom. The summed E-state index contributed by atoms with van der Waals surface area (Å²) in [6, 6.07) is 0. The van der Waals surface area contributed by atoms with Crippen molar-refractivity contribution in [3.8, 4) is 0 Å². The summed E-state index contributed by atoms with van der Waals surface area (Å²) in [5.41, 5.74) is 0. The summed E-state index contributed by atoms with van der Waals surface area (Å²) in [5.74, 6) is 2.08. The molecule has 0 bridgehead atoms. The largest absolute Gasteiger partial charge is 0.390 e. The molecule has 0 aromatic carbocycles. The zero-order chi connectivity index (χ0) is 12.5. The molecule has 0 spiro atoms. The lowest BCUT2D eigenvalue weighted by Crippen LogP contribution is -2.32. The normalized spacial score (nSPS) is 21.1. The predicted octanol–water partition coefficient (Wildman–Crippen LogP) is 3.33. The molecule has 0 radical (unpaired) electrons. The van der Waals surface area contributed by atoms with Crippen molar-refractivity contribution in [3.63, 3.8) is 0 Å². The molecule has 100 valence electrons. The first-order chi connectivity index (χ1) is 8.29. The molecule has 2 atom stereocenters. The van der Waals surface area contributed by atoms with Crippen LogP contribution in [0.15, 0.2) is 0 Å². The van der Waals surface area contributed by atoms with Crippen LogP contribution in [0.1, 0.15) is 45.4 Å². The minimum absolute atomic E-state index is 0.157. The Kier molecular flexibility index (Phi) is 8.40. The van der Waals surface area contributed by atoms with Crippen LogP contribution >= 0.6 is 23.5 Å². The minimum atomic E-state index is -0.454. The van der Waals surface area contributed by atoms with Crippen LogP contribution in [0.3, 0.4) is 0 Å². The highest BCUT2D eigenvalue weighted by atomic mass is 32.2. The number of thioether (sulfide) groups is 2. The summed E-state index contributed by atoms with van der Waals surface area (Å²) in [6.45, 7) is 2.18. The molecule has 0 saturated carbocycles. The SMILES string of the molecule is CCCCCC[C@H](C=O)[C@@H](O)C1SCCCS1. The third kappa shape index (κ3) is 5.66. The molecule has 1 saturated heterocycles. The van der Waals surface area contributed by atoms with Gasteiger partial charge < -0.3 is 9.90 Å². The lowest BCUT2D eigenvalue weighted by Gasteiger charge is -2.28. The van der Waals surface area contributed by atoms with Crippen molar-refractivity contribution in [2.24, 2.45) is 5.92 Å². The van der Waals surface area contributed by atoms with Crippen LogP contribution in [0.4, 0.5) is 0 Å². The molecule has 17 heavy (non-hydrogen) atoms. The second kappa shape index (κ2) is 9.29. The second-order valence-corrected chi connectivity index (χ2v) is 7.40. The van der Waals surface area contributed by atoms with Gasteiger partial charge in [-0.1, -0.05) is 32.6 Å². The molecule has 0 aromatic rings. The van der Waals surface area contributed by atoms with E-state index >= 15 is 0 Å². The molecule has 1 fully saturated rings. The summed E-state index contributed by atoms with van der Waals surface area (Å²) in [6.07, 6.45) is 7.27. The Hall–Kier alpha value is 0.330. The highest BCUT2D eigenvalue weighted by molar-refractivity contribution is 8.17. The number of rotatable bonds is 8. The Balaban J connectivity index is 2.29. The van der Waals surface area contributed by atoms with E-state index in [1.54, 1.807) is 0 Å². The van der Waals surface area contributed by atoms with Crippen molar-refractivity contribution < 1.29 is 9.90 Å². The molecule has 0 unspecified atom stereocenters. The van der Waals surface area contributed by atoms with Crippen molar-refractivity contribution >= 4 is 29.8 Å². The van der Waals surface area contributed by atoms with Gasteiger partial charge in [0.1, 0.15) is 6.29 Å². The van der Waals surface area contributed by atoms with E-state index in [4.69, 9.17) is 0 Å². The molecule has 1 rings (SSSR count). The van der Waals surface area contributed by atoms with Crippen LogP contribution < -0.4 is 0 Å². The molecule has 4 heteroatoms. The van der Waals surface area contributed by atoms with E-state index in [9.17, 15) is 9.90 Å². The van der Waals surface area contributed by atoms with Gasteiger partial charge in [0.15, 0.2) is 0 Å². The van der Waals surface area contributed by atoms with Gasteiger partial charge in [0, 0.05) is 5.92 Å². The maximum atomic E-state index is 11.1. The number of aliphatic hydroxyl groups excluding tert-OH is 1. The molecular formula is C13H24O2S2. The minimum Gasteiger partial charge on any atom is -0.390 e. The van der Waals surface area contributed by atoms with Gasteiger partial charge in [-0.2, -0.15) is 0 Å². The molecule has 1 heterocycles. The van der Waals surface area contributed by atoms with Gasteiger partial charge in [-0.15, -0.1) is 23.5 Å². The number of hydrogen-bond donors (Lipinski definition) is 1. The Bertz CT molecular complexity index is 206. The van der Waals surface area contributed by atoms with E-state index in [-0.39, 0.29) is 10.5 Å². The van der Waals surface area contributed by atoms with Crippen molar-refractivity contribution in [1.29, 1.82) is 0 Å². The summed E-state index contributed by atoms with van der Waals surface area (Å²) in [7, 11) is 0. The maximum absolute atomic E-state index is 11.1. The van der Waals surface area contributed by atoms with Crippen LogP contribution in [-0.2, 0) is 4.79 Å². The standard InChI is InChI=1S/C13H24O2S2/c1-2-3-4-5-7-11(10-14)12(15)13-16-8-6-9-17-13/h10-13,15H,2-9H2,1H3/t11-,12-/m1/s1. The summed E-state index contributed by atoms with van der Waals surface area (Å²) in [5, 5.41) is 10.2. The van der Waals surface area contributed by atoms with Crippen molar-refractivity contribution in [3.05, 3.63) is 0 Å². The fraction of sp³-hybridized carbons (Fsp3) is 0.923. The number of unbranched alkanes of at least 4 members (excludes halogenated alkanes) is 3. The molecule has 2 nitrogen and oxygen atoms in total. The first-order valence-electron chi connectivity index (χ1n) is 6.66. The molecular weight excluding hydrogens is 252 g/mol. The van der Waals surface area contributed by atoms with Crippen LogP contribution in [0, 0.1) is 5.92 Å². The van der Waals surface area contributed by atoms with Crippen LogP contribution in [-0.4, -0.2) is 33.6 Å². The van der Waals surface area contributed by atoms with Crippen LogP contribution in [0.5, 0.6) is 0 Å². The number of carbonyl (C=O) groups excluding carboxylic acids is 1. The molecule has 0 amide bonds. The average Bonchev–Trinajstić information content (AvgIpc) is 2.39. The van der Waals surface area contributed by atoms with Crippen molar-refractivity contribution in [2.75, 3.05) is 11.5 Å². The number of aldehydes is 1. The van der Waals surface area contributed by atoms with Gasteiger partial charge in [-0.3, -0.25) is 0 Å². The average molecular weight is 276 g/mol. The van der Waals surface area contributed by atoms with E-state index in [0.717, 1.165) is 30.6 Å². The van der Waals surface area contributed by atoms with E-state index < -0.39 is 6.10 Å². The summed E-state index contributed by atoms with van der Waals surface area (Å²) < 4.78 is 0.213.